The van der Waals surface area contributed by atoms with Crippen molar-refractivity contribution in [2.75, 3.05) is 19.8 Å². The lowest BCUT2D eigenvalue weighted by Crippen LogP contribution is -2.43. The van der Waals surface area contributed by atoms with E-state index in [1.807, 2.05) is 0 Å². The van der Waals surface area contributed by atoms with E-state index in [0.29, 0.717) is 6.10 Å². The van der Waals surface area contributed by atoms with Gasteiger partial charge in [-0.1, -0.05) is 64.9 Å². The van der Waals surface area contributed by atoms with Crippen molar-refractivity contribution in [3.05, 3.63) is 12.8 Å². The van der Waals surface area contributed by atoms with Crippen LogP contribution >= 0.6 is 0 Å². The Kier molecular flexibility index (Phi) is 9.93. The lowest BCUT2D eigenvalue weighted by atomic mass is 9.72. The fourth-order valence-corrected chi connectivity index (χ4v) is 4.41. The smallest absolute Gasteiger partial charge is 0.104 e. The minimum atomic E-state index is 0.0448. The molecule has 0 N–H and O–H groups in total. The van der Waals surface area contributed by atoms with Crippen molar-refractivity contribution in [2.24, 2.45) is 5.92 Å². The van der Waals surface area contributed by atoms with Crippen LogP contribution in [-0.4, -0.2) is 31.5 Å². The number of epoxide rings is 1. The first-order valence-corrected chi connectivity index (χ1v) is 10.8. The summed E-state index contributed by atoms with van der Waals surface area (Å²) < 4.78 is 17.5. The molecule has 1 saturated carbocycles. The second-order valence-corrected chi connectivity index (χ2v) is 7.97. The van der Waals surface area contributed by atoms with Crippen molar-refractivity contribution in [2.45, 2.75) is 102 Å². The number of ether oxygens (including phenoxy) is 3. The van der Waals surface area contributed by atoms with Crippen molar-refractivity contribution < 1.29 is 14.2 Å². The summed E-state index contributed by atoms with van der Waals surface area (Å²) in [6.07, 6.45) is 18.8. The first-order valence-electron chi connectivity index (χ1n) is 10.8. The molecule has 0 aromatic rings. The van der Waals surface area contributed by atoms with Crippen LogP contribution in [0.4, 0.5) is 0 Å². The van der Waals surface area contributed by atoms with E-state index < -0.39 is 0 Å². The molecule has 1 aliphatic carbocycles. The lowest BCUT2D eigenvalue weighted by Gasteiger charge is -2.43. The fraction of sp³-hybridized carbons (Fsp3) is 0.909. The molecule has 0 amide bonds. The summed E-state index contributed by atoms with van der Waals surface area (Å²) >= 11 is 0. The molecule has 0 spiro atoms. The van der Waals surface area contributed by atoms with E-state index in [-0.39, 0.29) is 5.60 Å². The lowest BCUT2D eigenvalue weighted by molar-refractivity contribution is -0.115. The Labute approximate surface area is 155 Å². The summed E-state index contributed by atoms with van der Waals surface area (Å²) in [7, 11) is 0. The molecule has 0 radical (unpaired) electrons. The van der Waals surface area contributed by atoms with Gasteiger partial charge in [-0.25, -0.2) is 0 Å². The largest absolute Gasteiger partial charge is 0.502 e. The van der Waals surface area contributed by atoms with Gasteiger partial charge in [0.05, 0.1) is 31.7 Å². The molecule has 1 saturated heterocycles. The van der Waals surface area contributed by atoms with E-state index in [1.165, 1.54) is 70.6 Å². The fourth-order valence-electron chi connectivity index (χ4n) is 4.41. The topological polar surface area (TPSA) is 31.0 Å². The van der Waals surface area contributed by atoms with Gasteiger partial charge in [0.25, 0.3) is 0 Å². The Hall–Kier alpha value is -0.540. The number of hydrogen-bond acceptors (Lipinski definition) is 3. The quantitative estimate of drug-likeness (QED) is 0.205. The van der Waals surface area contributed by atoms with E-state index in [1.54, 1.807) is 6.26 Å². The molecule has 0 aromatic carbocycles. The van der Waals surface area contributed by atoms with Gasteiger partial charge in [-0.15, -0.1) is 0 Å². The van der Waals surface area contributed by atoms with Gasteiger partial charge >= 0.3 is 0 Å². The molecule has 1 heterocycles. The Bertz CT molecular complexity index is 347. The molecule has 3 nitrogen and oxygen atoms in total. The molecule has 2 unspecified atom stereocenters. The molecule has 1 aliphatic heterocycles. The average molecular weight is 353 g/mol. The highest BCUT2D eigenvalue weighted by atomic mass is 16.6. The van der Waals surface area contributed by atoms with Crippen LogP contribution in [0.3, 0.4) is 0 Å². The standard InChI is InChI=1S/C22H40O3/c1-3-5-6-7-11-15-22(16-12-17-23-4-2,25-19-21-18-24-21)20-13-9-8-10-14-20/h4,20-21H,2-3,5-19H2,1H3. The van der Waals surface area contributed by atoms with Crippen molar-refractivity contribution in [3.63, 3.8) is 0 Å². The maximum absolute atomic E-state index is 6.67. The van der Waals surface area contributed by atoms with Crippen molar-refractivity contribution >= 4 is 0 Å². The van der Waals surface area contributed by atoms with Gasteiger partial charge < -0.3 is 14.2 Å². The third-order valence-electron chi connectivity index (χ3n) is 5.99. The van der Waals surface area contributed by atoms with E-state index in [0.717, 1.165) is 38.6 Å². The highest BCUT2D eigenvalue weighted by Crippen LogP contribution is 2.42. The summed E-state index contributed by atoms with van der Waals surface area (Å²) in [6.45, 7) is 8.38. The van der Waals surface area contributed by atoms with Gasteiger partial charge in [-0.2, -0.15) is 0 Å². The van der Waals surface area contributed by atoms with Gasteiger partial charge in [-0.3, -0.25) is 0 Å². The molecule has 146 valence electrons. The van der Waals surface area contributed by atoms with Crippen LogP contribution in [0.2, 0.25) is 0 Å². The Morgan fingerprint density at radius 1 is 1.04 bits per heavy atom. The van der Waals surface area contributed by atoms with E-state index >= 15 is 0 Å². The van der Waals surface area contributed by atoms with E-state index in [2.05, 4.69) is 13.5 Å². The van der Waals surface area contributed by atoms with Gasteiger partial charge in [0, 0.05) is 0 Å². The van der Waals surface area contributed by atoms with Crippen LogP contribution in [0.15, 0.2) is 12.8 Å². The second kappa shape index (κ2) is 12.0. The van der Waals surface area contributed by atoms with E-state index in [9.17, 15) is 0 Å². The van der Waals surface area contributed by atoms with Crippen LogP contribution in [0.25, 0.3) is 0 Å². The van der Waals surface area contributed by atoms with Crippen molar-refractivity contribution in [1.29, 1.82) is 0 Å². The summed E-state index contributed by atoms with van der Waals surface area (Å²) in [6, 6.07) is 0. The summed E-state index contributed by atoms with van der Waals surface area (Å²) in [5.74, 6) is 0.718. The molecule has 3 heteroatoms. The number of hydrogen-bond donors (Lipinski definition) is 0. The molecule has 2 atom stereocenters. The third-order valence-corrected chi connectivity index (χ3v) is 5.99. The number of rotatable bonds is 15. The zero-order chi connectivity index (χ0) is 17.8. The van der Waals surface area contributed by atoms with Crippen LogP contribution in [0.1, 0.15) is 90.4 Å². The summed E-state index contributed by atoms with van der Waals surface area (Å²) in [5.41, 5.74) is 0.0448. The van der Waals surface area contributed by atoms with Gasteiger partial charge in [0.15, 0.2) is 0 Å². The summed E-state index contributed by atoms with van der Waals surface area (Å²) in [5, 5.41) is 0. The first kappa shape index (κ1) is 20.8. The van der Waals surface area contributed by atoms with Crippen LogP contribution in [0.5, 0.6) is 0 Å². The zero-order valence-electron chi connectivity index (χ0n) is 16.5. The minimum Gasteiger partial charge on any atom is -0.502 e. The Morgan fingerprint density at radius 3 is 2.44 bits per heavy atom. The Balaban J connectivity index is 1.94. The minimum absolute atomic E-state index is 0.0448. The molecule has 25 heavy (non-hydrogen) atoms. The molecule has 2 rings (SSSR count). The van der Waals surface area contributed by atoms with Gasteiger partial charge in [-0.05, 0) is 38.0 Å². The van der Waals surface area contributed by atoms with Crippen LogP contribution in [0, 0.1) is 5.92 Å². The van der Waals surface area contributed by atoms with E-state index in [4.69, 9.17) is 14.2 Å². The normalized spacial score (nSPS) is 23.2. The maximum atomic E-state index is 6.67. The molecule has 2 fully saturated rings. The average Bonchev–Trinajstić information content (AvgIpc) is 3.48. The third kappa shape index (κ3) is 7.70. The summed E-state index contributed by atoms with van der Waals surface area (Å²) in [4.78, 5) is 0. The second-order valence-electron chi connectivity index (χ2n) is 7.97. The predicted molar refractivity (Wildman–Crippen MR) is 104 cm³/mol. The van der Waals surface area contributed by atoms with Crippen LogP contribution in [-0.2, 0) is 14.2 Å². The monoisotopic (exact) mass is 352 g/mol. The van der Waals surface area contributed by atoms with Gasteiger partial charge in [0.2, 0.25) is 0 Å². The predicted octanol–water partition coefficient (Wildman–Crippen LogP) is 6.02. The van der Waals surface area contributed by atoms with Crippen LogP contribution < -0.4 is 0 Å². The number of unbranched alkanes of at least 4 members (excludes halogenated alkanes) is 4. The highest BCUT2D eigenvalue weighted by Gasteiger charge is 2.41. The molecule has 2 aliphatic rings. The van der Waals surface area contributed by atoms with Crippen molar-refractivity contribution in [3.8, 4) is 0 Å². The highest BCUT2D eigenvalue weighted by molar-refractivity contribution is 4.91. The molecule has 0 bridgehead atoms. The van der Waals surface area contributed by atoms with Crippen molar-refractivity contribution in [1.82, 2.24) is 0 Å². The maximum Gasteiger partial charge on any atom is 0.104 e. The molecule has 0 aromatic heterocycles. The van der Waals surface area contributed by atoms with Gasteiger partial charge in [0.1, 0.15) is 6.10 Å². The molecular weight excluding hydrogens is 312 g/mol. The SMILES string of the molecule is C=COCCCC(CCCCCCC)(OCC1CO1)C1CCCCC1. The zero-order valence-corrected chi connectivity index (χ0v) is 16.5. The first-order chi connectivity index (χ1) is 12.3. The Morgan fingerprint density at radius 2 is 1.76 bits per heavy atom. The molecular formula is C22H40O3.